The fourth-order valence-corrected chi connectivity index (χ4v) is 18.2. The van der Waals surface area contributed by atoms with Crippen molar-refractivity contribution < 1.29 is 54.5 Å². The average molecular weight is 1550 g/mol. The number of benzene rings is 6. The first kappa shape index (κ1) is 74.2. The maximum Gasteiger partial charge on any atom is 0.263 e. The molecule has 6 aromatic heterocycles. The van der Waals surface area contributed by atoms with Gasteiger partial charge in [0, 0.05) is 146 Å². The first-order valence-corrected chi connectivity index (χ1v) is 40.6. The van der Waals surface area contributed by atoms with E-state index in [1.807, 2.05) is 95.9 Å². The largest absolute Gasteiger partial charge is 0.368 e. The Morgan fingerprint density at radius 3 is 1.60 bits per heavy atom. The minimum atomic E-state index is -3.80. The number of anilines is 6. The van der Waals surface area contributed by atoms with Crippen LogP contribution in [0.3, 0.4) is 0 Å². The Morgan fingerprint density at radius 1 is 0.514 bits per heavy atom. The Bertz CT molecular complexity index is 5560. The van der Waals surface area contributed by atoms with Crippen LogP contribution in [0.25, 0.3) is 32.7 Å². The number of thiazole rings is 2. The van der Waals surface area contributed by atoms with Crippen LogP contribution in [0.15, 0.2) is 227 Å². The number of nitrogens with zero attached hydrogens (tertiary/aromatic N) is 13. The van der Waals surface area contributed by atoms with Crippen LogP contribution in [0.2, 0.25) is 0 Å². The number of aryl methyl sites for hydroxylation is 1. The summed E-state index contributed by atoms with van der Waals surface area (Å²) in [5.74, 6) is -0.471. The number of hydrogen-bond donors (Lipinski definition) is 3. The Labute approximate surface area is 632 Å². The number of amides is 4. The van der Waals surface area contributed by atoms with Gasteiger partial charge in [0.25, 0.3) is 30.1 Å². The molecule has 3 fully saturated rings. The molecular weight excluding hydrogens is 1460 g/mol. The van der Waals surface area contributed by atoms with Crippen LogP contribution in [0.1, 0.15) is 57.2 Å². The minimum Gasteiger partial charge on any atom is -0.368 e. The number of sulfonamides is 3. The van der Waals surface area contributed by atoms with Gasteiger partial charge in [-0.1, -0.05) is 36.4 Å². The number of piperazine rings is 3. The van der Waals surface area contributed by atoms with Crippen LogP contribution in [0.5, 0.6) is 0 Å². The normalized spacial score (nSPS) is 16.0. The van der Waals surface area contributed by atoms with Crippen LogP contribution in [0.4, 0.5) is 37.5 Å². The van der Waals surface area contributed by atoms with E-state index in [0.717, 1.165) is 44.3 Å². The van der Waals surface area contributed by atoms with E-state index in [0.29, 0.717) is 68.7 Å². The van der Waals surface area contributed by atoms with E-state index in [1.165, 1.54) is 81.5 Å². The van der Waals surface area contributed by atoms with E-state index in [2.05, 4.69) is 79.7 Å². The van der Waals surface area contributed by atoms with Crippen LogP contribution in [-0.4, -0.2) is 169 Å². The van der Waals surface area contributed by atoms with Crippen molar-refractivity contribution >= 4 is 142 Å². The minimum absolute atomic E-state index is 0. The lowest BCUT2D eigenvalue weighted by Crippen LogP contribution is -2.55. The van der Waals surface area contributed by atoms with Gasteiger partial charge in [0.1, 0.15) is 42.6 Å². The van der Waals surface area contributed by atoms with Gasteiger partial charge in [-0.25, -0.2) is 49.6 Å². The smallest absolute Gasteiger partial charge is 0.263 e. The number of fused-ring (bicyclic) bond motifs is 3. The lowest BCUT2D eigenvalue weighted by molar-refractivity contribution is -0.139. The molecule has 3 N–H and O–H groups in total. The van der Waals surface area contributed by atoms with Gasteiger partial charge in [0.15, 0.2) is 10.3 Å². The number of rotatable bonds is 18. The molecule has 3 saturated heterocycles. The first-order chi connectivity index (χ1) is 51.4. The van der Waals surface area contributed by atoms with Crippen molar-refractivity contribution in [3.05, 3.63) is 223 Å². The van der Waals surface area contributed by atoms with Gasteiger partial charge in [0.05, 0.1) is 20.2 Å². The van der Waals surface area contributed by atoms with Gasteiger partial charge >= 0.3 is 0 Å². The van der Waals surface area contributed by atoms with E-state index in [4.69, 9.17) is 0 Å². The molecule has 26 nitrogen and oxygen atoms in total. The van der Waals surface area contributed by atoms with Crippen molar-refractivity contribution in [3.8, 4) is 0 Å². The molecule has 12 aromatic rings. The highest BCUT2D eigenvalue weighted by Gasteiger charge is 2.35. The number of halogens is 1. The fraction of sp³-hybridized carbons (Fsp3) is 0.253. The van der Waals surface area contributed by atoms with Gasteiger partial charge in [-0.3, -0.25) is 33.3 Å². The molecule has 0 bridgehead atoms. The molecule has 3 aliphatic rings. The third kappa shape index (κ3) is 16.5. The van der Waals surface area contributed by atoms with Crippen molar-refractivity contribution in [1.29, 1.82) is 0 Å². The number of hydrogen-bond acceptors (Lipinski definition) is 18. The van der Waals surface area contributed by atoms with E-state index in [9.17, 15) is 48.8 Å². The quantitative estimate of drug-likeness (QED) is 0.0719. The topological polar surface area (TPSA) is 293 Å². The number of carbonyl (C=O) groups excluding carboxylic acids is 4. The predicted octanol–water partition coefficient (Wildman–Crippen LogP) is 12.1. The van der Waals surface area contributed by atoms with Gasteiger partial charge < -0.3 is 43.1 Å². The van der Waals surface area contributed by atoms with E-state index >= 15 is 0 Å². The monoisotopic (exact) mass is 1550 g/mol. The number of aromatic nitrogens is 7. The molecule has 4 amide bonds. The lowest BCUT2D eigenvalue weighted by atomic mass is 10.1. The number of nitrogens with one attached hydrogen (secondary N) is 3. The Kier molecular flexibility index (Phi) is 21.9. The van der Waals surface area contributed by atoms with Crippen LogP contribution < -0.4 is 28.9 Å². The van der Waals surface area contributed by atoms with Gasteiger partial charge in [-0.2, -0.15) is 0 Å². The fourth-order valence-electron chi connectivity index (χ4n) is 13.6. The SMILES string of the molecule is CC(C(=O)N1CCN(c2ccc(S(=O)(=O)Nc3nccs3)cc2)C(=O)C1)n1ccc2ccc(F)cc21.CC1CN(c2ccc(S(=O)(=O)Nc3nccs3)cc2)CCN1C(=O)[C@@H](C)n1ccc2ccccc21.Cc1cc2ccccc2n1C(C)C(=O)N1CCN(c2ccc(S(=O)(=O)Nc3ccncn3)cc2)CC1.[HH].[HH].[HH].[HH]. The zero-order chi connectivity index (χ0) is 75.3. The summed E-state index contributed by atoms with van der Waals surface area (Å²) in [6.45, 7) is 14.7. The molecule has 0 aliphatic carbocycles. The second-order valence-electron chi connectivity index (χ2n) is 26.0. The zero-order valence-corrected chi connectivity index (χ0v) is 63.0. The Balaban J connectivity index is 0.000000188. The van der Waals surface area contributed by atoms with Crippen molar-refractivity contribution in [2.75, 3.05) is 94.3 Å². The summed E-state index contributed by atoms with van der Waals surface area (Å²) in [4.78, 5) is 80.0. The zero-order valence-electron chi connectivity index (χ0n) is 58.9. The Hall–Kier alpha value is -11.1. The van der Waals surface area contributed by atoms with Crippen LogP contribution >= 0.6 is 22.7 Å². The summed E-state index contributed by atoms with van der Waals surface area (Å²) in [7, 11) is -11.2. The molecule has 0 saturated carbocycles. The highest BCUT2D eigenvalue weighted by molar-refractivity contribution is 7.93. The highest BCUT2D eigenvalue weighted by Crippen LogP contribution is 2.32. The molecule has 562 valence electrons. The summed E-state index contributed by atoms with van der Waals surface area (Å²) in [6, 6.07) is 46.5. The molecule has 3 unspecified atom stereocenters. The standard InChI is InChI=1S/C26H28N6O3S.C25H27N5O3S2.C24H22FN5O4S2.4H2/c1-19-17-21-5-3-4-6-24(21)32(19)20(2)26(33)31-15-13-30(14-16-31)22-7-9-23(10-8-22)36(34,35)29-25-11-12-27-18-28-25;1-18-17-28(21-7-9-22(10-8-21)35(32,33)27-25-26-12-16-34-25)14-15-29(18)24(31)19(2)30-13-11-20-5-3-4-6-23(20)30;1-16(29-10-8-17-2-3-18(25)14-21(17)29)23(32)28-11-12-30(22(31)15-28)19-4-6-20(7-5-19)36(33,34)27-24-26-9-13-35-24;;;;/h3-12,17-18,20H,13-16H2,1-2H3,(H,27,28,29);3-13,16,18-19H,14-15,17H2,1-2H3,(H,26,27);2-10,13-14,16H,11-12,15H2,1H3,(H,26,27);4*1H/t;18?,19-;;;;;/m.1...../s1. The maximum absolute atomic E-state index is 13.7. The summed E-state index contributed by atoms with van der Waals surface area (Å²) in [5.41, 5.74) is 6.20. The molecular formula is C75H85FN16O10S5. The van der Waals surface area contributed by atoms with Crippen molar-refractivity contribution in [2.24, 2.45) is 0 Å². The maximum atomic E-state index is 13.7. The molecule has 107 heavy (non-hydrogen) atoms. The lowest BCUT2D eigenvalue weighted by Gasteiger charge is -2.42. The van der Waals surface area contributed by atoms with E-state index in [1.54, 1.807) is 89.2 Å². The Morgan fingerprint density at radius 2 is 1.03 bits per heavy atom. The molecule has 4 atom stereocenters. The molecule has 15 rings (SSSR count). The average Bonchev–Trinajstić information content (AvgIpc) is 1.71. The molecule has 0 spiro atoms. The number of carbonyl (C=O) groups is 4. The van der Waals surface area contributed by atoms with Gasteiger partial charge in [-0.15, -0.1) is 22.7 Å². The van der Waals surface area contributed by atoms with Crippen molar-refractivity contribution in [3.63, 3.8) is 0 Å². The van der Waals surface area contributed by atoms with Crippen LogP contribution in [0, 0.1) is 12.7 Å². The van der Waals surface area contributed by atoms with Gasteiger partial charge in [-0.05, 0) is 178 Å². The summed E-state index contributed by atoms with van der Waals surface area (Å²) in [6.07, 6.45) is 9.54. The molecule has 3 aliphatic heterocycles. The molecule has 0 radical (unpaired) electrons. The van der Waals surface area contributed by atoms with E-state index < -0.39 is 36.1 Å². The predicted molar refractivity (Wildman–Crippen MR) is 422 cm³/mol. The second kappa shape index (κ2) is 31.6. The number of para-hydroxylation sites is 2. The van der Waals surface area contributed by atoms with Crippen molar-refractivity contribution in [2.45, 2.75) is 73.5 Å². The third-order valence-corrected chi connectivity index (χ3v) is 24.9. The van der Waals surface area contributed by atoms with E-state index in [-0.39, 0.29) is 92.0 Å². The highest BCUT2D eigenvalue weighted by atomic mass is 32.2. The van der Waals surface area contributed by atoms with Gasteiger partial charge in [0.2, 0.25) is 23.6 Å². The van der Waals surface area contributed by atoms with Crippen molar-refractivity contribution in [1.82, 2.24) is 48.3 Å². The second-order valence-corrected chi connectivity index (χ2v) is 32.8. The summed E-state index contributed by atoms with van der Waals surface area (Å²) in [5, 5.41) is 7.07. The first-order valence-electron chi connectivity index (χ1n) is 34.4. The molecule has 32 heteroatoms. The molecule has 6 aromatic carbocycles. The third-order valence-electron chi connectivity index (χ3n) is 19.2. The molecule has 9 heterocycles. The van der Waals surface area contributed by atoms with Crippen LogP contribution in [-0.2, 0) is 49.2 Å². The summed E-state index contributed by atoms with van der Waals surface area (Å²) < 4.78 is 103. The summed E-state index contributed by atoms with van der Waals surface area (Å²) >= 11 is 2.40.